The number of nitrogens with one attached hydrogen (secondary N) is 1. The van der Waals surface area contributed by atoms with E-state index in [-0.39, 0.29) is 32.2 Å². The van der Waals surface area contributed by atoms with Crippen LogP contribution in [0.25, 0.3) is 11.1 Å². The van der Waals surface area contributed by atoms with Gasteiger partial charge in [0.25, 0.3) is 0 Å². The van der Waals surface area contributed by atoms with Crippen LogP contribution < -0.4 is 5.32 Å². The van der Waals surface area contributed by atoms with Crippen LogP contribution in [-0.4, -0.2) is 20.1 Å². The molecule has 8 heteroatoms. The average molecular weight is 542 g/mol. The SMILES string of the molecule is [C]c1c(Cl)ccc(C(C(=O)Nc2cc(-c3ccccc3)cs2)c2ccc(S(=O)(=O)CC)cc2)c1Cl. The van der Waals surface area contributed by atoms with Gasteiger partial charge in [0.05, 0.1) is 26.6 Å². The van der Waals surface area contributed by atoms with Crippen molar-refractivity contribution in [2.75, 3.05) is 11.1 Å². The lowest BCUT2D eigenvalue weighted by molar-refractivity contribution is -0.116. The number of sulfone groups is 1. The Morgan fingerprint density at radius 2 is 1.69 bits per heavy atom. The summed E-state index contributed by atoms with van der Waals surface area (Å²) in [5.41, 5.74) is 2.89. The number of thiophene rings is 1. The Kier molecular flexibility index (Phi) is 7.67. The first-order valence-electron chi connectivity index (χ1n) is 10.7. The Bertz CT molecular complexity index is 1460. The molecule has 0 aliphatic heterocycles. The van der Waals surface area contributed by atoms with E-state index in [4.69, 9.17) is 30.1 Å². The number of carbonyl (C=O) groups is 1. The number of hydrogen-bond donors (Lipinski definition) is 1. The second kappa shape index (κ2) is 10.5. The van der Waals surface area contributed by atoms with Gasteiger partial charge < -0.3 is 5.32 Å². The van der Waals surface area contributed by atoms with Crippen LogP contribution in [0.15, 0.2) is 83.1 Å². The van der Waals surface area contributed by atoms with Crippen LogP contribution in [0.4, 0.5) is 5.00 Å². The average Bonchev–Trinajstić information content (AvgIpc) is 3.33. The van der Waals surface area contributed by atoms with E-state index in [0.29, 0.717) is 16.1 Å². The summed E-state index contributed by atoms with van der Waals surface area (Å²) >= 11 is 13.9. The maximum absolute atomic E-state index is 13.6. The van der Waals surface area contributed by atoms with Crippen LogP contribution in [0.1, 0.15) is 29.5 Å². The van der Waals surface area contributed by atoms with Gasteiger partial charge in [-0.05, 0) is 52.1 Å². The van der Waals surface area contributed by atoms with Gasteiger partial charge in [-0.2, -0.15) is 0 Å². The van der Waals surface area contributed by atoms with Gasteiger partial charge in [-0.25, -0.2) is 8.42 Å². The minimum absolute atomic E-state index is 0.0242. The van der Waals surface area contributed by atoms with Gasteiger partial charge >= 0.3 is 0 Å². The first kappa shape index (κ1) is 25.5. The van der Waals surface area contributed by atoms with E-state index in [0.717, 1.165) is 11.1 Å². The van der Waals surface area contributed by atoms with Crippen LogP contribution in [0.5, 0.6) is 0 Å². The highest BCUT2D eigenvalue weighted by atomic mass is 35.5. The first-order valence-corrected chi connectivity index (χ1v) is 14.0. The largest absolute Gasteiger partial charge is 0.317 e. The first-order chi connectivity index (χ1) is 16.7. The van der Waals surface area contributed by atoms with Gasteiger partial charge in [-0.15, -0.1) is 11.3 Å². The lowest BCUT2D eigenvalue weighted by Crippen LogP contribution is -2.22. The molecule has 1 aromatic heterocycles. The normalized spacial score (nSPS) is 12.3. The van der Waals surface area contributed by atoms with Crippen molar-refractivity contribution < 1.29 is 13.2 Å². The maximum Gasteiger partial charge on any atom is 0.237 e. The summed E-state index contributed by atoms with van der Waals surface area (Å²) in [6.45, 7) is 9.75. The molecule has 0 aliphatic carbocycles. The van der Waals surface area contributed by atoms with Crippen LogP contribution >= 0.6 is 34.5 Å². The van der Waals surface area contributed by atoms with Crippen molar-refractivity contribution in [1.29, 1.82) is 0 Å². The van der Waals surface area contributed by atoms with Gasteiger partial charge in [-0.3, -0.25) is 4.79 Å². The van der Waals surface area contributed by atoms with Crippen LogP contribution in [0.3, 0.4) is 0 Å². The molecule has 1 unspecified atom stereocenters. The van der Waals surface area contributed by atoms with E-state index >= 15 is 0 Å². The van der Waals surface area contributed by atoms with E-state index in [2.05, 4.69) is 5.32 Å². The van der Waals surface area contributed by atoms with Crippen molar-refractivity contribution >= 4 is 55.3 Å². The molecule has 0 aliphatic rings. The lowest BCUT2D eigenvalue weighted by atomic mass is 9.89. The summed E-state index contributed by atoms with van der Waals surface area (Å²) in [7, 11) is -3.39. The van der Waals surface area contributed by atoms with Crippen molar-refractivity contribution in [1.82, 2.24) is 0 Å². The Morgan fingerprint density at radius 1 is 1.00 bits per heavy atom. The number of halogens is 2. The summed E-state index contributed by atoms with van der Waals surface area (Å²) < 4.78 is 24.5. The smallest absolute Gasteiger partial charge is 0.237 e. The molecule has 35 heavy (non-hydrogen) atoms. The number of anilines is 1. The second-order valence-electron chi connectivity index (χ2n) is 7.79. The molecule has 4 nitrogen and oxygen atoms in total. The maximum atomic E-state index is 13.6. The molecule has 1 heterocycles. The van der Waals surface area contributed by atoms with Crippen molar-refractivity contribution in [2.24, 2.45) is 0 Å². The van der Waals surface area contributed by atoms with Gasteiger partial charge in [-0.1, -0.05) is 78.7 Å². The standard InChI is InChI=1S/C27H20Cl2NO3S2/c1-3-35(32,33)21-11-9-19(10-12-21)25(22-13-14-23(28)17(2)26(22)29)27(31)30-24-15-20(16-34-24)18-7-5-4-6-8-18/h4-16,25H,3H2,1H3,(H,30,31). The van der Waals surface area contributed by atoms with Gasteiger partial charge in [0.2, 0.25) is 5.91 Å². The number of carbonyl (C=O) groups excluding carboxylic acids is 1. The number of amides is 1. The molecular weight excluding hydrogens is 521 g/mol. The zero-order chi connectivity index (χ0) is 25.2. The van der Waals surface area contributed by atoms with E-state index in [1.165, 1.54) is 29.5 Å². The molecule has 1 amide bonds. The monoisotopic (exact) mass is 540 g/mol. The molecule has 1 N–H and O–H groups in total. The lowest BCUT2D eigenvalue weighted by Gasteiger charge is -2.20. The predicted octanol–water partition coefficient (Wildman–Crippen LogP) is 7.22. The van der Waals surface area contributed by atoms with Crippen molar-refractivity contribution in [3.63, 3.8) is 0 Å². The topological polar surface area (TPSA) is 63.2 Å². The quantitative estimate of drug-likeness (QED) is 0.269. The molecular formula is C27H20Cl2NO3S2. The number of benzene rings is 3. The third-order valence-electron chi connectivity index (χ3n) is 5.60. The van der Waals surface area contributed by atoms with Crippen LogP contribution in [0.2, 0.25) is 10.0 Å². The van der Waals surface area contributed by atoms with Crippen molar-refractivity contribution in [3.05, 3.63) is 112 Å². The fraction of sp³-hybridized carbons (Fsp3) is 0.111. The summed E-state index contributed by atoms with van der Waals surface area (Å²) in [4.78, 5) is 13.7. The zero-order valence-corrected chi connectivity index (χ0v) is 21.7. The number of rotatable bonds is 7. The van der Waals surface area contributed by atoms with E-state index in [1.54, 1.807) is 25.1 Å². The Balaban J connectivity index is 1.72. The molecule has 3 aromatic carbocycles. The molecule has 1 atom stereocenters. The highest BCUT2D eigenvalue weighted by Gasteiger charge is 2.27. The zero-order valence-electron chi connectivity index (χ0n) is 18.6. The third-order valence-corrected chi connectivity index (χ3v) is 8.92. The fourth-order valence-corrected chi connectivity index (χ4v) is 5.85. The minimum Gasteiger partial charge on any atom is -0.317 e. The highest BCUT2D eigenvalue weighted by Crippen LogP contribution is 2.37. The van der Waals surface area contributed by atoms with E-state index in [1.807, 2.05) is 41.8 Å². The summed E-state index contributed by atoms with van der Waals surface area (Å²) in [6, 6.07) is 21.0. The minimum atomic E-state index is -3.39. The third kappa shape index (κ3) is 5.46. The second-order valence-corrected chi connectivity index (χ2v) is 11.8. The molecule has 177 valence electrons. The molecule has 0 saturated heterocycles. The van der Waals surface area contributed by atoms with Gasteiger partial charge in [0.1, 0.15) is 0 Å². The summed E-state index contributed by atoms with van der Waals surface area (Å²) in [6.07, 6.45) is 0. The van der Waals surface area contributed by atoms with E-state index < -0.39 is 15.8 Å². The molecule has 0 bridgehead atoms. The highest BCUT2D eigenvalue weighted by molar-refractivity contribution is 7.91. The van der Waals surface area contributed by atoms with Gasteiger partial charge in [0, 0.05) is 17.3 Å². The van der Waals surface area contributed by atoms with Crippen LogP contribution in [0, 0.1) is 6.92 Å². The fourth-order valence-electron chi connectivity index (χ4n) is 3.68. The van der Waals surface area contributed by atoms with Gasteiger partial charge in [0.15, 0.2) is 9.84 Å². The Labute approximate surface area is 219 Å². The van der Waals surface area contributed by atoms with Crippen molar-refractivity contribution in [3.8, 4) is 11.1 Å². The summed E-state index contributed by atoms with van der Waals surface area (Å²) in [5, 5.41) is 5.81. The van der Waals surface area contributed by atoms with Crippen LogP contribution in [-0.2, 0) is 14.6 Å². The predicted molar refractivity (Wildman–Crippen MR) is 143 cm³/mol. The molecule has 4 aromatic rings. The molecule has 4 rings (SSSR count). The molecule has 0 spiro atoms. The molecule has 3 radical (unpaired) electrons. The molecule has 0 fully saturated rings. The Morgan fingerprint density at radius 3 is 2.34 bits per heavy atom. The summed E-state index contributed by atoms with van der Waals surface area (Å²) in [5.74, 6) is -1.27. The molecule has 0 saturated carbocycles. The number of hydrogen-bond acceptors (Lipinski definition) is 4. The Hall–Kier alpha value is -2.64. The van der Waals surface area contributed by atoms with E-state index in [9.17, 15) is 13.2 Å². The van der Waals surface area contributed by atoms with Crippen molar-refractivity contribution in [2.45, 2.75) is 17.7 Å².